The van der Waals surface area contributed by atoms with E-state index in [-0.39, 0.29) is 30.3 Å². The summed E-state index contributed by atoms with van der Waals surface area (Å²) in [6.45, 7) is 24.0. The van der Waals surface area contributed by atoms with E-state index in [1.54, 1.807) is 0 Å². The van der Waals surface area contributed by atoms with E-state index in [0.29, 0.717) is 0 Å². The van der Waals surface area contributed by atoms with Crippen LogP contribution in [0.3, 0.4) is 0 Å². The van der Waals surface area contributed by atoms with Crippen LogP contribution in [0.25, 0.3) is 0 Å². The molecule has 1 N–H and O–H groups in total. The SMILES string of the molecule is C=C(C/C=C(\C)CCC=C(C)C)CCC(C)(C)/C=C/CC/C(C)=C\CO[C@H](CO[Si](c1ccccc1)(c1ccccc1)C(C)(C)C)COP(=O)([O-])O. The van der Waals surface area contributed by atoms with E-state index in [9.17, 15) is 14.4 Å². The highest BCUT2D eigenvalue weighted by atomic mass is 31.2. The first kappa shape index (κ1) is 45.5. The minimum absolute atomic E-state index is 0.0812. The van der Waals surface area contributed by atoms with E-state index in [1.165, 1.54) is 22.3 Å². The van der Waals surface area contributed by atoms with Crippen LogP contribution >= 0.6 is 7.82 Å². The lowest BCUT2D eigenvalue weighted by molar-refractivity contribution is -0.222. The van der Waals surface area contributed by atoms with Crippen LogP contribution in [0, 0.1) is 5.41 Å². The number of phosphoric acid groups is 1. The molecule has 8 heteroatoms. The maximum Gasteiger partial charge on any atom is 0.265 e. The Hall–Kier alpha value is -2.61. The first-order chi connectivity index (χ1) is 24.3. The van der Waals surface area contributed by atoms with E-state index in [2.05, 4.69) is 117 Å². The van der Waals surface area contributed by atoms with Gasteiger partial charge in [-0.15, -0.1) is 0 Å². The van der Waals surface area contributed by atoms with Gasteiger partial charge in [0.05, 0.1) is 19.8 Å². The highest BCUT2D eigenvalue weighted by Crippen LogP contribution is 2.37. The normalized spacial score (nSPS) is 15.1. The fourth-order valence-corrected chi connectivity index (χ4v) is 11.1. The van der Waals surface area contributed by atoms with Gasteiger partial charge in [0.2, 0.25) is 0 Å². The predicted octanol–water partition coefficient (Wildman–Crippen LogP) is 10.2. The zero-order chi connectivity index (χ0) is 38.8. The highest BCUT2D eigenvalue weighted by molar-refractivity contribution is 7.44. The van der Waals surface area contributed by atoms with Gasteiger partial charge >= 0.3 is 0 Å². The number of rotatable bonds is 23. The summed E-state index contributed by atoms with van der Waals surface area (Å²) >= 11 is 0. The van der Waals surface area contributed by atoms with E-state index in [4.69, 9.17) is 13.7 Å². The quantitative estimate of drug-likeness (QED) is 0.0692. The van der Waals surface area contributed by atoms with Crippen molar-refractivity contribution in [3.05, 3.63) is 120 Å². The monoisotopic (exact) mass is 749 g/mol. The van der Waals surface area contributed by atoms with E-state index in [1.807, 2.05) is 42.5 Å². The van der Waals surface area contributed by atoms with Gasteiger partial charge < -0.3 is 23.5 Å². The molecule has 0 aromatic heterocycles. The van der Waals surface area contributed by atoms with Crippen LogP contribution in [0.2, 0.25) is 5.04 Å². The van der Waals surface area contributed by atoms with Crippen LogP contribution in [0.5, 0.6) is 0 Å². The lowest BCUT2D eigenvalue weighted by Gasteiger charge is -2.43. The van der Waals surface area contributed by atoms with E-state index in [0.717, 1.165) is 55.3 Å². The first-order valence-corrected chi connectivity index (χ1v) is 22.1. The molecule has 52 heavy (non-hydrogen) atoms. The zero-order valence-corrected chi connectivity index (χ0v) is 35.3. The molecule has 2 aromatic rings. The van der Waals surface area contributed by atoms with Crippen molar-refractivity contribution in [2.45, 2.75) is 118 Å². The molecule has 2 rings (SSSR count). The molecular formula is C44H66O6PSi-. The third-order valence-corrected chi connectivity index (χ3v) is 14.8. The molecule has 0 heterocycles. The molecule has 6 nitrogen and oxygen atoms in total. The topological polar surface area (TPSA) is 88.1 Å². The number of hydrogen-bond acceptors (Lipinski definition) is 5. The molecule has 2 atom stereocenters. The summed E-state index contributed by atoms with van der Waals surface area (Å²) < 4.78 is 29.5. The first-order valence-electron chi connectivity index (χ1n) is 18.7. The number of ether oxygens (including phenoxy) is 1. The Labute approximate surface area is 317 Å². The Morgan fingerprint density at radius 2 is 1.40 bits per heavy atom. The van der Waals surface area contributed by atoms with Crippen molar-refractivity contribution in [3.63, 3.8) is 0 Å². The molecule has 288 valence electrons. The summed E-state index contributed by atoms with van der Waals surface area (Å²) in [4.78, 5) is 20.9. The molecule has 0 amide bonds. The van der Waals surface area contributed by atoms with Crippen LogP contribution < -0.4 is 15.3 Å². The molecule has 0 saturated heterocycles. The fourth-order valence-electron chi connectivity index (χ4n) is 6.14. The van der Waals surface area contributed by atoms with Gasteiger partial charge in [0.15, 0.2) is 0 Å². The average molecular weight is 750 g/mol. The minimum Gasteiger partial charge on any atom is -0.756 e. The second kappa shape index (κ2) is 21.9. The molecule has 0 saturated carbocycles. The van der Waals surface area contributed by atoms with Crippen LogP contribution in [0.4, 0.5) is 0 Å². The Bertz CT molecular complexity index is 1490. The number of hydrogen-bond donors (Lipinski definition) is 1. The van der Waals surface area contributed by atoms with Crippen molar-refractivity contribution in [1.82, 2.24) is 0 Å². The molecule has 0 aliphatic carbocycles. The predicted molar refractivity (Wildman–Crippen MR) is 220 cm³/mol. The number of benzene rings is 2. The minimum atomic E-state index is -4.95. The number of phosphoric ester groups is 1. The molecule has 0 fully saturated rings. The summed E-state index contributed by atoms with van der Waals surface area (Å²) in [6.07, 6.45) is 17.5. The van der Waals surface area contributed by atoms with Crippen molar-refractivity contribution >= 4 is 26.5 Å². The molecule has 0 aliphatic heterocycles. The molecular weight excluding hydrogens is 684 g/mol. The zero-order valence-electron chi connectivity index (χ0n) is 33.5. The van der Waals surface area contributed by atoms with Gasteiger partial charge in [-0.1, -0.05) is 155 Å². The number of allylic oxidation sites excluding steroid dienone is 8. The van der Waals surface area contributed by atoms with Gasteiger partial charge in [-0.3, -0.25) is 4.57 Å². The molecule has 1 unspecified atom stereocenters. The third kappa shape index (κ3) is 17.0. The van der Waals surface area contributed by atoms with Crippen LogP contribution in [0.15, 0.2) is 120 Å². The lowest BCUT2D eigenvalue weighted by atomic mass is 9.85. The van der Waals surface area contributed by atoms with Gasteiger partial charge in [0, 0.05) is 0 Å². The smallest absolute Gasteiger partial charge is 0.265 e. The maximum atomic E-state index is 11.6. The van der Waals surface area contributed by atoms with Crippen molar-refractivity contribution in [2.24, 2.45) is 5.41 Å². The lowest BCUT2D eigenvalue weighted by Crippen LogP contribution is -2.67. The van der Waals surface area contributed by atoms with E-state index < -0.39 is 22.2 Å². The average Bonchev–Trinajstić information content (AvgIpc) is 3.07. The van der Waals surface area contributed by atoms with Crippen LogP contribution in [-0.4, -0.2) is 39.1 Å². The largest absolute Gasteiger partial charge is 0.756 e. The van der Waals surface area contributed by atoms with Gasteiger partial charge in [0.25, 0.3) is 16.1 Å². The van der Waals surface area contributed by atoms with Crippen molar-refractivity contribution in [3.8, 4) is 0 Å². The molecule has 0 spiro atoms. The standard InChI is InChI=1S/C44H67O6PSi/c1-36(2)20-19-22-37(3)27-28-39(5)29-32-44(9,10)31-18-17-21-38(4)30-33-48-40(34-49-51(45,46)47)35-50-52(43(6,7)8,41-23-13-11-14-24-41)42-25-15-12-16-26-42/h11-16,18,20,23-27,30-31,40H,5,17,19,21-22,28-29,32-35H2,1-4,6-10H3,(H2,45,46,47)/p-1/b31-18+,37-27+,38-30-/t40-/m0/s1. The van der Waals surface area contributed by atoms with Gasteiger partial charge in [-0.25, -0.2) is 0 Å². The summed E-state index contributed by atoms with van der Waals surface area (Å²) in [6, 6.07) is 20.4. The van der Waals surface area contributed by atoms with Crippen LogP contribution in [-0.2, 0) is 18.3 Å². The third-order valence-electron chi connectivity index (χ3n) is 9.32. The Kier molecular flexibility index (Phi) is 19.2. The van der Waals surface area contributed by atoms with E-state index >= 15 is 0 Å². The molecule has 2 aromatic carbocycles. The maximum absolute atomic E-state index is 11.6. The van der Waals surface area contributed by atoms with Crippen molar-refractivity contribution in [2.75, 3.05) is 19.8 Å². The second-order valence-corrected chi connectivity index (χ2v) is 21.5. The van der Waals surface area contributed by atoms with Crippen molar-refractivity contribution < 1.29 is 28.0 Å². The Balaban J connectivity index is 2.00. The summed E-state index contributed by atoms with van der Waals surface area (Å²) in [5.74, 6) is 0. The van der Waals surface area contributed by atoms with Crippen LogP contribution in [0.1, 0.15) is 107 Å². The second-order valence-electron chi connectivity index (χ2n) is 16.0. The summed E-state index contributed by atoms with van der Waals surface area (Å²) in [5, 5.41) is 1.95. The molecule has 0 bridgehead atoms. The van der Waals surface area contributed by atoms with Gasteiger partial charge in [-0.05, 0) is 93.5 Å². The van der Waals surface area contributed by atoms with Gasteiger partial charge in [0.1, 0.15) is 6.10 Å². The van der Waals surface area contributed by atoms with Gasteiger partial charge in [-0.2, -0.15) is 0 Å². The molecule has 0 radical (unpaired) electrons. The fraction of sp³-hybridized carbons (Fsp3) is 0.500. The highest BCUT2D eigenvalue weighted by Gasteiger charge is 2.50. The summed E-state index contributed by atoms with van der Waals surface area (Å²) in [5.41, 5.74) is 5.33. The Morgan fingerprint density at radius 3 is 1.94 bits per heavy atom. The molecule has 0 aliphatic rings. The summed E-state index contributed by atoms with van der Waals surface area (Å²) in [7, 11) is -7.84. The Morgan fingerprint density at radius 1 is 0.846 bits per heavy atom. The van der Waals surface area contributed by atoms with Crippen molar-refractivity contribution in [1.29, 1.82) is 0 Å².